The molecule has 0 unspecified atom stereocenters. The monoisotopic (exact) mass is 296 g/mol. The zero-order valence-electron chi connectivity index (χ0n) is 12.2. The summed E-state index contributed by atoms with van der Waals surface area (Å²) in [4.78, 5) is 20.8. The first kappa shape index (κ1) is 14.3. The molecule has 0 saturated heterocycles. The van der Waals surface area contributed by atoms with Crippen LogP contribution in [0.3, 0.4) is 0 Å². The van der Waals surface area contributed by atoms with Gasteiger partial charge in [0.2, 0.25) is 0 Å². The normalized spacial score (nSPS) is 15.1. The number of anilines is 1. The molecule has 0 spiro atoms. The molecule has 1 fully saturated rings. The smallest absolute Gasteiger partial charge is 0.329 e. The fourth-order valence-electron chi connectivity index (χ4n) is 2.25. The molecule has 1 heterocycles. The third kappa shape index (κ3) is 2.84. The van der Waals surface area contributed by atoms with Crippen LogP contribution in [0, 0.1) is 17.2 Å². The van der Waals surface area contributed by atoms with Crippen LogP contribution in [-0.4, -0.2) is 29.6 Å². The van der Waals surface area contributed by atoms with Gasteiger partial charge >= 0.3 is 5.97 Å². The third-order valence-electron chi connectivity index (χ3n) is 3.69. The molecule has 1 aliphatic rings. The van der Waals surface area contributed by atoms with Crippen molar-refractivity contribution in [1.82, 2.24) is 9.97 Å². The maximum absolute atomic E-state index is 11.8. The predicted octanol–water partition coefficient (Wildman–Crippen LogP) is 2.23. The van der Waals surface area contributed by atoms with E-state index in [-0.39, 0.29) is 0 Å². The van der Waals surface area contributed by atoms with Gasteiger partial charge in [-0.05, 0) is 30.9 Å². The standard InChI is InChI=1S/C16H16N4O2/c1-22-16(21)11(8-17)14-15(18-9-10-6-7-10)20-13-5-3-2-4-12(13)19-14/h2-5,10-11H,6-7,9H2,1H3,(H,18,20)/t11-/m0/s1. The molecule has 0 radical (unpaired) electrons. The van der Waals surface area contributed by atoms with Crippen LogP contribution in [0.25, 0.3) is 11.0 Å². The number of rotatable bonds is 5. The highest BCUT2D eigenvalue weighted by Gasteiger charge is 2.28. The highest BCUT2D eigenvalue weighted by molar-refractivity contribution is 5.84. The van der Waals surface area contributed by atoms with E-state index >= 15 is 0 Å². The van der Waals surface area contributed by atoms with Crippen LogP contribution in [0.1, 0.15) is 24.5 Å². The number of hydrogen-bond donors (Lipinski definition) is 1. The highest BCUT2D eigenvalue weighted by atomic mass is 16.5. The van der Waals surface area contributed by atoms with E-state index in [1.165, 1.54) is 20.0 Å². The van der Waals surface area contributed by atoms with E-state index in [4.69, 9.17) is 4.74 Å². The summed E-state index contributed by atoms with van der Waals surface area (Å²) < 4.78 is 4.71. The van der Waals surface area contributed by atoms with Gasteiger partial charge in [0.1, 0.15) is 5.69 Å². The number of hydrogen-bond acceptors (Lipinski definition) is 6. The van der Waals surface area contributed by atoms with E-state index < -0.39 is 11.9 Å². The Morgan fingerprint density at radius 3 is 2.68 bits per heavy atom. The fourth-order valence-corrected chi connectivity index (χ4v) is 2.25. The van der Waals surface area contributed by atoms with Gasteiger partial charge in [0, 0.05) is 6.54 Å². The summed E-state index contributed by atoms with van der Waals surface area (Å²) in [6.07, 6.45) is 2.39. The van der Waals surface area contributed by atoms with Crippen molar-refractivity contribution in [2.45, 2.75) is 18.8 Å². The molecule has 112 valence electrons. The first-order chi connectivity index (χ1) is 10.7. The van der Waals surface area contributed by atoms with Crippen LogP contribution in [0.4, 0.5) is 5.82 Å². The lowest BCUT2D eigenvalue weighted by Crippen LogP contribution is -2.18. The minimum atomic E-state index is -1.08. The SMILES string of the molecule is COC(=O)[C@@H](C#N)c1nc2ccccc2nc1NCC1CC1. The summed E-state index contributed by atoms with van der Waals surface area (Å²) in [5.74, 6) is -0.576. The van der Waals surface area contributed by atoms with E-state index in [0.717, 1.165) is 12.1 Å². The topological polar surface area (TPSA) is 87.9 Å². The maximum Gasteiger partial charge on any atom is 0.329 e. The van der Waals surface area contributed by atoms with Gasteiger partial charge in [0.05, 0.1) is 24.2 Å². The van der Waals surface area contributed by atoms with E-state index in [2.05, 4.69) is 15.3 Å². The highest BCUT2D eigenvalue weighted by Crippen LogP contribution is 2.30. The molecule has 2 aromatic rings. The molecular formula is C16H16N4O2. The zero-order valence-corrected chi connectivity index (χ0v) is 12.2. The van der Waals surface area contributed by atoms with Crippen LogP contribution < -0.4 is 5.32 Å². The Kier molecular flexibility index (Phi) is 3.88. The van der Waals surface area contributed by atoms with E-state index in [0.29, 0.717) is 22.9 Å². The molecule has 0 aliphatic heterocycles. The largest absolute Gasteiger partial charge is 0.468 e. The summed E-state index contributed by atoms with van der Waals surface area (Å²) in [7, 11) is 1.26. The number of benzene rings is 1. The molecule has 6 heteroatoms. The van der Waals surface area contributed by atoms with Crippen LogP contribution in [-0.2, 0) is 9.53 Å². The van der Waals surface area contributed by atoms with Crippen molar-refractivity contribution in [2.24, 2.45) is 5.92 Å². The van der Waals surface area contributed by atoms with Gasteiger partial charge in [-0.1, -0.05) is 12.1 Å². The van der Waals surface area contributed by atoms with E-state index in [9.17, 15) is 10.1 Å². The van der Waals surface area contributed by atoms with Crippen molar-refractivity contribution < 1.29 is 9.53 Å². The minimum Gasteiger partial charge on any atom is -0.468 e. The Labute approximate surface area is 128 Å². The number of nitrogens with one attached hydrogen (secondary N) is 1. The van der Waals surface area contributed by atoms with Gasteiger partial charge in [-0.3, -0.25) is 4.79 Å². The van der Waals surface area contributed by atoms with Crippen molar-refractivity contribution >= 4 is 22.8 Å². The fraction of sp³-hybridized carbons (Fsp3) is 0.375. The molecular weight excluding hydrogens is 280 g/mol. The molecule has 1 N–H and O–H groups in total. The van der Waals surface area contributed by atoms with Gasteiger partial charge in [0.15, 0.2) is 11.7 Å². The second kappa shape index (κ2) is 5.98. The lowest BCUT2D eigenvalue weighted by molar-refractivity contribution is -0.141. The van der Waals surface area contributed by atoms with Gasteiger partial charge in [-0.2, -0.15) is 5.26 Å². The molecule has 1 atom stereocenters. The molecule has 1 aromatic carbocycles. The number of nitriles is 1. The van der Waals surface area contributed by atoms with Gasteiger partial charge in [0.25, 0.3) is 0 Å². The molecule has 0 amide bonds. The number of methoxy groups -OCH3 is 1. The number of ether oxygens (including phenoxy) is 1. The summed E-state index contributed by atoms with van der Waals surface area (Å²) in [5.41, 5.74) is 1.71. The van der Waals surface area contributed by atoms with Gasteiger partial charge in [-0.15, -0.1) is 0 Å². The average Bonchev–Trinajstić information content (AvgIpc) is 3.37. The summed E-state index contributed by atoms with van der Waals surface area (Å²) in [6.45, 7) is 0.777. The Balaban J connectivity index is 2.04. The zero-order chi connectivity index (χ0) is 15.5. The number of carbonyl (C=O) groups is 1. The summed E-state index contributed by atoms with van der Waals surface area (Å²) in [6, 6.07) is 9.35. The third-order valence-corrected chi connectivity index (χ3v) is 3.69. The maximum atomic E-state index is 11.8. The molecule has 22 heavy (non-hydrogen) atoms. The Bertz CT molecular complexity index is 749. The number of esters is 1. The van der Waals surface area contributed by atoms with Crippen molar-refractivity contribution in [3.8, 4) is 6.07 Å². The van der Waals surface area contributed by atoms with Crippen LogP contribution in [0.15, 0.2) is 24.3 Å². The number of fused-ring (bicyclic) bond motifs is 1. The lowest BCUT2D eigenvalue weighted by Gasteiger charge is -2.14. The second-order valence-electron chi connectivity index (χ2n) is 5.36. The van der Waals surface area contributed by atoms with E-state index in [1.807, 2.05) is 30.3 Å². The number of nitrogens with zero attached hydrogens (tertiary/aromatic N) is 3. The quantitative estimate of drug-likeness (QED) is 0.851. The molecule has 3 rings (SSSR count). The molecule has 1 aliphatic carbocycles. The predicted molar refractivity (Wildman–Crippen MR) is 81.1 cm³/mol. The van der Waals surface area contributed by atoms with Crippen molar-refractivity contribution in [3.05, 3.63) is 30.0 Å². The number of carbonyl (C=O) groups excluding carboxylic acids is 1. The molecule has 0 bridgehead atoms. The van der Waals surface area contributed by atoms with E-state index in [1.54, 1.807) is 0 Å². The Morgan fingerprint density at radius 1 is 1.41 bits per heavy atom. The van der Waals surface area contributed by atoms with Crippen molar-refractivity contribution in [1.29, 1.82) is 5.26 Å². The first-order valence-electron chi connectivity index (χ1n) is 7.21. The van der Waals surface area contributed by atoms with Crippen LogP contribution in [0.5, 0.6) is 0 Å². The van der Waals surface area contributed by atoms with Crippen LogP contribution in [0.2, 0.25) is 0 Å². The molecule has 6 nitrogen and oxygen atoms in total. The lowest BCUT2D eigenvalue weighted by atomic mass is 10.1. The number of aromatic nitrogens is 2. The first-order valence-corrected chi connectivity index (χ1v) is 7.21. The Hall–Kier alpha value is -2.68. The summed E-state index contributed by atoms with van der Waals surface area (Å²) in [5, 5.41) is 12.5. The van der Waals surface area contributed by atoms with Crippen molar-refractivity contribution in [2.75, 3.05) is 19.0 Å². The minimum absolute atomic E-state index is 0.328. The number of para-hydroxylation sites is 2. The van der Waals surface area contributed by atoms with Gasteiger partial charge < -0.3 is 10.1 Å². The molecule has 1 aromatic heterocycles. The second-order valence-corrected chi connectivity index (χ2v) is 5.36. The van der Waals surface area contributed by atoms with Crippen molar-refractivity contribution in [3.63, 3.8) is 0 Å². The summed E-state index contributed by atoms with van der Waals surface area (Å²) >= 11 is 0. The molecule has 1 saturated carbocycles. The average molecular weight is 296 g/mol. The van der Waals surface area contributed by atoms with Gasteiger partial charge in [-0.25, -0.2) is 9.97 Å². The van der Waals surface area contributed by atoms with Crippen LogP contribution >= 0.6 is 0 Å². The Morgan fingerprint density at radius 2 is 2.09 bits per heavy atom.